The van der Waals surface area contributed by atoms with Gasteiger partial charge in [0.25, 0.3) is 0 Å². The van der Waals surface area contributed by atoms with Crippen molar-refractivity contribution in [1.29, 1.82) is 5.26 Å². The van der Waals surface area contributed by atoms with Gasteiger partial charge in [-0.2, -0.15) is 10.3 Å². The Morgan fingerprint density at radius 2 is 2.32 bits per heavy atom. The van der Waals surface area contributed by atoms with Gasteiger partial charge in [0.1, 0.15) is 11.1 Å². The molecule has 0 aromatic carbocycles. The minimum absolute atomic E-state index is 0.159. The van der Waals surface area contributed by atoms with Gasteiger partial charge in [0.2, 0.25) is 5.91 Å². The molecule has 31 heavy (non-hydrogen) atoms. The molecule has 0 bridgehead atoms. The lowest BCUT2D eigenvalue weighted by Crippen LogP contribution is -2.32. The molecule has 162 valence electrons. The van der Waals surface area contributed by atoms with Gasteiger partial charge in [-0.1, -0.05) is 6.07 Å². The molecule has 2 amide bonds. The van der Waals surface area contributed by atoms with E-state index in [4.69, 9.17) is 9.57 Å². The van der Waals surface area contributed by atoms with Crippen LogP contribution in [0, 0.1) is 17.2 Å². The summed E-state index contributed by atoms with van der Waals surface area (Å²) in [6, 6.07) is 5.87. The van der Waals surface area contributed by atoms with E-state index in [1.807, 2.05) is 6.07 Å². The van der Waals surface area contributed by atoms with Crippen LogP contribution < -0.4 is 5.32 Å². The normalized spacial score (nSPS) is 15.2. The Morgan fingerprint density at radius 3 is 3.00 bits per heavy atom. The zero-order valence-electron chi connectivity index (χ0n) is 17.5. The maximum atomic E-state index is 12.3. The van der Waals surface area contributed by atoms with Crippen LogP contribution in [-0.2, 0) is 27.2 Å². The number of nitrogens with zero attached hydrogens (tertiary/aromatic N) is 3. The minimum Gasteiger partial charge on any atom is -0.448 e. The molecule has 9 heteroatoms. The third kappa shape index (κ3) is 5.69. The molecule has 2 heterocycles. The first-order valence-corrected chi connectivity index (χ1v) is 10.8. The van der Waals surface area contributed by atoms with Crippen molar-refractivity contribution in [2.24, 2.45) is 5.92 Å². The summed E-state index contributed by atoms with van der Waals surface area (Å²) in [7, 11) is 1.43. The first kappa shape index (κ1) is 22.5. The fraction of sp³-hybridized carbons (Fsp3) is 0.364. The van der Waals surface area contributed by atoms with Crippen LogP contribution in [0.15, 0.2) is 30.6 Å². The Hall–Kier alpha value is -3.22. The van der Waals surface area contributed by atoms with Crippen molar-refractivity contribution < 1.29 is 19.2 Å². The summed E-state index contributed by atoms with van der Waals surface area (Å²) in [5.41, 5.74) is 2.32. The van der Waals surface area contributed by atoms with Crippen LogP contribution in [0.5, 0.6) is 0 Å². The minimum atomic E-state index is -0.506. The average molecular weight is 441 g/mol. The van der Waals surface area contributed by atoms with Gasteiger partial charge in [0, 0.05) is 29.9 Å². The third-order valence-electron chi connectivity index (χ3n) is 4.98. The number of hydrogen-bond acceptors (Lipinski definition) is 7. The molecular formula is C22H24N4O4S. The lowest BCUT2D eigenvalue weighted by atomic mass is 9.88. The highest BCUT2D eigenvalue weighted by Crippen LogP contribution is 2.39. The first-order chi connectivity index (χ1) is 15.0. The summed E-state index contributed by atoms with van der Waals surface area (Å²) in [5.74, 6) is -0.144. The maximum Gasteiger partial charge on any atom is 0.433 e. The molecule has 0 spiro atoms. The largest absolute Gasteiger partial charge is 0.448 e. The van der Waals surface area contributed by atoms with E-state index in [1.54, 1.807) is 31.5 Å². The Kier molecular flexibility index (Phi) is 7.76. The number of carbonyl (C=O) groups excluding carboxylic acids is 2. The number of hydroxylamine groups is 2. The standard InChI is InChI=1S/C22H24N4O4S/c1-3-26(29-2)22(28)30-14-16-6-8-17-18(12-23)21(31-19(17)11-16)25-20(27)9-7-15-5-4-10-24-13-15/h4-5,7,9-10,13,16H,3,6,8,11,14H2,1-2H3,(H,25,27)/b9-7+. The van der Waals surface area contributed by atoms with Gasteiger partial charge in [0.15, 0.2) is 0 Å². The van der Waals surface area contributed by atoms with Crippen molar-refractivity contribution in [1.82, 2.24) is 10.0 Å². The SMILES string of the molecule is CCN(OC)C(=O)OCC1CCc2c(sc(NC(=O)/C=C/c3cccnc3)c2C#N)C1. The van der Waals surface area contributed by atoms with E-state index in [0.29, 0.717) is 30.0 Å². The van der Waals surface area contributed by atoms with Crippen molar-refractivity contribution >= 4 is 34.4 Å². The number of hydrogen-bond donors (Lipinski definition) is 1. The number of nitrogens with one attached hydrogen (secondary N) is 1. The second-order valence-electron chi connectivity index (χ2n) is 6.99. The van der Waals surface area contributed by atoms with Crippen LogP contribution in [0.25, 0.3) is 6.08 Å². The highest BCUT2D eigenvalue weighted by atomic mass is 32.1. The molecular weight excluding hydrogens is 416 g/mol. The number of aromatic nitrogens is 1. The Morgan fingerprint density at radius 1 is 1.48 bits per heavy atom. The van der Waals surface area contributed by atoms with Gasteiger partial charge in [-0.25, -0.2) is 4.79 Å². The first-order valence-electron chi connectivity index (χ1n) is 9.97. The lowest BCUT2D eigenvalue weighted by molar-refractivity contribution is -0.111. The van der Waals surface area contributed by atoms with Gasteiger partial charge in [-0.3, -0.25) is 14.6 Å². The van der Waals surface area contributed by atoms with E-state index >= 15 is 0 Å². The molecule has 2 aromatic heterocycles. The highest BCUT2D eigenvalue weighted by Gasteiger charge is 2.27. The number of carbonyl (C=O) groups is 2. The number of pyridine rings is 1. The average Bonchev–Trinajstić information content (AvgIpc) is 3.13. The predicted molar refractivity (Wildman–Crippen MR) is 117 cm³/mol. The van der Waals surface area contributed by atoms with Gasteiger partial charge < -0.3 is 10.1 Å². The summed E-state index contributed by atoms with van der Waals surface area (Å²) >= 11 is 1.41. The number of amides is 2. The van der Waals surface area contributed by atoms with E-state index in [-0.39, 0.29) is 18.4 Å². The number of fused-ring (bicyclic) bond motifs is 1. The van der Waals surface area contributed by atoms with E-state index in [2.05, 4.69) is 16.4 Å². The molecule has 0 saturated heterocycles. The molecule has 2 aromatic rings. The second kappa shape index (κ2) is 10.7. The van der Waals surface area contributed by atoms with Crippen LogP contribution in [0.3, 0.4) is 0 Å². The van der Waals surface area contributed by atoms with E-state index in [1.165, 1.54) is 24.5 Å². The maximum absolute atomic E-state index is 12.3. The van der Waals surface area contributed by atoms with E-state index in [9.17, 15) is 14.9 Å². The summed E-state index contributed by atoms with van der Waals surface area (Å²) in [5, 5.41) is 14.2. The Bertz CT molecular complexity index is 993. The van der Waals surface area contributed by atoms with Gasteiger partial charge in [-0.05, 0) is 55.4 Å². The van der Waals surface area contributed by atoms with E-state index in [0.717, 1.165) is 27.5 Å². The zero-order chi connectivity index (χ0) is 22.2. The summed E-state index contributed by atoms with van der Waals surface area (Å²) in [4.78, 5) is 34.3. The number of anilines is 1. The van der Waals surface area contributed by atoms with Gasteiger partial charge in [-0.15, -0.1) is 11.3 Å². The number of thiophene rings is 1. The molecule has 0 fully saturated rings. The molecule has 1 aliphatic rings. The summed E-state index contributed by atoms with van der Waals surface area (Å²) < 4.78 is 5.36. The smallest absolute Gasteiger partial charge is 0.433 e. The predicted octanol–water partition coefficient (Wildman–Crippen LogP) is 3.79. The molecule has 1 N–H and O–H groups in total. The Labute approximate surface area is 185 Å². The second-order valence-corrected chi connectivity index (χ2v) is 8.10. The molecule has 0 radical (unpaired) electrons. The fourth-order valence-corrected chi connectivity index (χ4v) is 4.71. The zero-order valence-corrected chi connectivity index (χ0v) is 18.3. The summed E-state index contributed by atoms with van der Waals surface area (Å²) in [6.07, 6.45) is 8.13. The quantitative estimate of drug-likeness (QED) is 0.519. The van der Waals surface area contributed by atoms with Crippen molar-refractivity contribution in [3.63, 3.8) is 0 Å². The van der Waals surface area contributed by atoms with E-state index < -0.39 is 6.09 Å². The van der Waals surface area contributed by atoms with Crippen molar-refractivity contribution in [3.05, 3.63) is 52.2 Å². The molecule has 0 aliphatic heterocycles. The number of rotatable bonds is 7. The lowest BCUT2D eigenvalue weighted by Gasteiger charge is -2.23. The van der Waals surface area contributed by atoms with Gasteiger partial charge >= 0.3 is 6.09 Å². The van der Waals surface area contributed by atoms with Gasteiger partial charge in [0.05, 0.1) is 19.3 Å². The molecule has 3 rings (SSSR count). The van der Waals surface area contributed by atoms with Crippen molar-refractivity contribution in [2.75, 3.05) is 25.6 Å². The molecule has 1 aliphatic carbocycles. The monoisotopic (exact) mass is 440 g/mol. The van der Waals surface area contributed by atoms with Crippen LogP contribution in [0.1, 0.15) is 34.9 Å². The van der Waals surface area contributed by atoms with Crippen molar-refractivity contribution in [2.45, 2.75) is 26.2 Å². The molecule has 1 atom stereocenters. The summed E-state index contributed by atoms with van der Waals surface area (Å²) in [6.45, 7) is 2.49. The number of ether oxygens (including phenoxy) is 1. The third-order valence-corrected chi connectivity index (χ3v) is 6.15. The molecule has 1 unspecified atom stereocenters. The number of nitriles is 1. The highest BCUT2D eigenvalue weighted by molar-refractivity contribution is 7.16. The molecule has 0 saturated carbocycles. The van der Waals surface area contributed by atoms with Crippen LogP contribution in [0.2, 0.25) is 0 Å². The molecule has 8 nitrogen and oxygen atoms in total. The van der Waals surface area contributed by atoms with Crippen molar-refractivity contribution in [3.8, 4) is 6.07 Å². The van der Waals surface area contributed by atoms with Crippen LogP contribution >= 0.6 is 11.3 Å². The topological polar surface area (TPSA) is 105 Å². The van der Waals surface area contributed by atoms with Crippen LogP contribution in [-0.4, -0.2) is 42.3 Å². The Balaban J connectivity index is 1.63. The fourth-order valence-electron chi connectivity index (χ4n) is 3.40. The van der Waals surface area contributed by atoms with Crippen LogP contribution in [0.4, 0.5) is 9.80 Å².